The molecule has 2 aromatic rings. The van der Waals surface area contributed by atoms with Crippen molar-refractivity contribution in [1.82, 2.24) is 19.5 Å². The number of carbonyl (C=O) groups excluding carboxylic acids is 2. The molecule has 0 spiro atoms. The van der Waals surface area contributed by atoms with Crippen molar-refractivity contribution in [1.29, 1.82) is 0 Å². The molecule has 1 aliphatic rings. The molecule has 278 valence electrons. The number of hydrogen-bond acceptors (Lipinski definition) is 14. The van der Waals surface area contributed by atoms with Crippen molar-refractivity contribution in [3.8, 4) is 0 Å². The number of ether oxygens (including phenoxy) is 1. The highest BCUT2D eigenvalue weighted by Crippen LogP contribution is 2.63. The van der Waals surface area contributed by atoms with Crippen LogP contribution in [0.3, 0.4) is 0 Å². The van der Waals surface area contributed by atoms with Crippen LogP contribution in [0.1, 0.15) is 85.1 Å². The molecule has 1 aliphatic heterocycles. The molecule has 22 heteroatoms. The second kappa shape index (κ2) is 16.7. The fourth-order valence-corrected chi connectivity index (χ4v) is 8.03. The molecule has 3 heterocycles. The van der Waals surface area contributed by atoms with E-state index in [9.17, 15) is 48.0 Å². The third kappa shape index (κ3) is 12.1. The molecule has 1 fully saturated rings. The second-order valence-electron chi connectivity index (χ2n) is 13.0. The van der Waals surface area contributed by atoms with Crippen molar-refractivity contribution in [3.05, 3.63) is 18.3 Å². The number of hydrogen-bond donors (Lipinski definition) is 5. The number of aliphatic hydroxyl groups is 1. The SMILES string of the molecule is Cc1ncnc2c1ncn2C1O[C@H](OP(=O)(O)OP(=O)(O)OCC(C)(C)[C@@H](O)C(=O)CCCC(=O)CCCC(C)C)[C@@H](OP(=O)(O)O)[C@H]1C. The Hall–Kier alpha value is -1.82. The Bertz CT molecular complexity index is 1610. The Kier molecular flexibility index (Phi) is 14.2. The molecule has 49 heavy (non-hydrogen) atoms. The maximum Gasteiger partial charge on any atom is 0.483 e. The quantitative estimate of drug-likeness (QED) is 0.120. The van der Waals surface area contributed by atoms with Gasteiger partial charge in [-0.3, -0.25) is 27.7 Å². The first-order chi connectivity index (χ1) is 22.5. The molecule has 5 N–H and O–H groups in total. The van der Waals surface area contributed by atoms with Crippen LogP contribution in [0.2, 0.25) is 0 Å². The summed E-state index contributed by atoms with van der Waals surface area (Å²) in [7, 11) is -16.3. The summed E-state index contributed by atoms with van der Waals surface area (Å²) in [6, 6.07) is 0. The van der Waals surface area contributed by atoms with Gasteiger partial charge in [-0.15, -0.1) is 0 Å². The summed E-state index contributed by atoms with van der Waals surface area (Å²) in [5.74, 6) is -1.16. The monoisotopic (exact) mass is 758 g/mol. The van der Waals surface area contributed by atoms with Crippen LogP contribution in [0.25, 0.3) is 11.2 Å². The molecule has 0 aliphatic carbocycles. The second-order valence-corrected chi connectivity index (χ2v) is 17.2. The minimum Gasteiger partial charge on any atom is -0.385 e. The van der Waals surface area contributed by atoms with E-state index in [-0.39, 0.29) is 30.7 Å². The summed E-state index contributed by atoms with van der Waals surface area (Å²) in [5.41, 5.74) is -0.348. The standard InChI is InChI=1S/C27H45N4O15P3/c1-16(2)9-7-10-19(32)11-8-12-20(33)23(34)27(5,6)13-42-48(38,39)46-49(40,41)45-26-22(44-47(35,36)37)17(3)25(43-26)31-15-30-21-18(4)28-14-29-24(21)31/h14-17,22-23,25-26,34H,7-13H2,1-6H3,(H,38,39)(H,40,41)(H2,35,36,37)/t17-,22+,23+,25?,26-/m1/s1. The summed E-state index contributed by atoms with van der Waals surface area (Å²) in [6.45, 7) is 9.08. The van der Waals surface area contributed by atoms with Crippen molar-refractivity contribution in [2.45, 2.75) is 105 Å². The lowest BCUT2D eigenvalue weighted by molar-refractivity contribution is -0.135. The zero-order valence-electron chi connectivity index (χ0n) is 28.0. The Morgan fingerprint density at radius 1 is 1.00 bits per heavy atom. The van der Waals surface area contributed by atoms with Crippen molar-refractivity contribution >= 4 is 46.2 Å². The van der Waals surface area contributed by atoms with Gasteiger partial charge in [0.05, 0.1) is 18.6 Å². The van der Waals surface area contributed by atoms with Crippen molar-refractivity contribution in [3.63, 3.8) is 0 Å². The number of imidazole rings is 1. The number of Topliss-reactive ketones (excluding diaryl/α,β-unsaturated/α-hetero) is 2. The summed E-state index contributed by atoms with van der Waals surface area (Å²) < 4.78 is 63.3. The lowest BCUT2D eigenvalue weighted by Crippen LogP contribution is -2.39. The highest BCUT2D eigenvalue weighted by Gasteiger charge is 2.52. The zero-order chi connectivity index (χ0) is 36.9. The van der Waals surface area contributed by atoms with Crippen LogP contribution in [-0.2, 0) is 45.9 Å². The number of nitrogens with zero attached hydrogens (tertiary/aromatic N) is 4. The number of ketones is 2. The van der Waals surface area contributed by atoms with Crippen molar-refractivity contribution in [2.75, 3.05) is 6.61 Å². The van der Waals surface area contributed by atoms with Gasteiger partial charge >= 0.3 is 23.5 Å². The smallest absolute Gasteiger partial charge is 0.385 e. The molecular weight excluding hydrogens is 713 g/mol. The molecule has 0 amide bonds. The molecule has 0 radical (unpaired) electrons. The van der Waals surface area contributed by atoms with Crippen LogP contribution in [0.5, 0.6) is 0 Å². The Labute approximate surface area is 283 Å². The van der Waals surface area contributed by atoms with Gasteiger partial charge in [-0.05, 0) is 25.7 Å². The molecule has 7 atom stereocenters. The van der Waals surface area contributed by atoms with E-state index in [2.05, 4.69) is 33.1 Å². The predicted octanol–water partition coefficient (Wildman–Crippen LogP) is 3.88. The fourth-order valence-electron chi connectivity index (χ4n) is 5.11. The summed E-state index contributed by atoms with van der Waals surface area (Å²) in [5, 5.41) is 10.6. The Morgan fingerprint density at radius 3 is 2.29 bits per heavy atom. The lowest BCUT2D eigenvalue weighted by atomic mass is 9.84. The molecule has 1 saturated heterocycles. The summed E-state index contributed by atoms with van der Waals surface area (Å²) in [6.07, 6.45) is -1.78. The molecule has 0 bridgehead atoms. The molecule has 0 saturated carbocycles. The number of phosphoric acid groups is 3. The van der Waals surface area contributed by atoms with Crippen LogP contribution in [0, 0.1) is 24.2 Å². The number of aromatic nitrogens is 4. The van der Waals surface area contributed by atoms with Gasteiger partial charge in [0.25, 0.3) is 0 Å². The predicted molar refractivity (Wildman–Crippen MR) is 170 cm³/mol. The largest absolute Gasteiger partial charge is 0.483 e. The Morgan fingerprint density at radius 2 is 1.65 bits per heavy atom. The van der Waals surface area contributed by atoms with E-state index in [1.807, 2.05) is 0 Å². The first-order valence-corrected chi connectivity index (χ1v) is 20.0. The highest BCUT2D eigenvalue weighted by molar-refractivity contribution is 7.61. The van der Waals surface area contributed by atoms with Gasteiger partial charge in [-0.1, -0.05) is 41.0 Å². The van der Waals surface area contributed by atoms with Crippen LogP contribution in [0.4, 0.5) is 0 Å². The first kappa shape index (κ1) is 41.6. The maximum atomic E-state index is 12.9. The van der Waals surface area contributed by atoms with Crippen molar-refractivity contribution in [2.24, 2.45) is 17.3 Å². The van der Waals surface area contributed by atoms with Gasteiger partial charge in [-0.25, -0.2) is 28.6 Å². The van der Waals surface area contributed by atoms with E-state index in [1.165, 1.54) is 38.0 Å². The lowest BCUT2D eigenvalue weighted by Gasteiger charge is -2.30. The van der Waals surface area contributed by atoms with Gasteiger partial charge in [0.1, 0.15) is 36.1 Å². The van der Waals surface area contributed by atoms with Gasteiger partial charge in [0, 0.05) is 30.6 Å². The van der Waals surface area contributed by atoms with E-state index in [1.54, 1.807) is 6.92 Å². The topological polar surface area (TPSA) is 276 Å². The molecule has 3 unspecified atom stereocenters. The third-order valence-electron chi connectivity index (χ3n) is 7.79. The Balaban J connectivity index is 1.62. The fraction of sp³-hybridized carbons (Fsp3) is 0.741. The van der Waals surface area contributed by atoms with Gasteiger partial charge < -0.3 is 29.4 Å². The molecule has 19 nitrogen and oxygen atoms in total. The van der Waals surface area contributed by atoms with E-state index in [0.29, 0.717) is 23.5 Å². The van der Waals surface area contributed by atoms with Crippen LogP contribution < -0.4 is 0 Å². The summed E-state index contributed by atoms with van der Waals surface area (Å²) >= 11 is 0. The van der Waals surface area contributed by atoms with Gasteiger partial charge in [0.2, 0.25) is 0 Å². The number of aryl methyl sites for hydroxylation is 1. The molecular formula is C27H45N4O15P3. The van der Waals surface area contributed by atoms with E-state index in [0.717, 1.165) is 12.8 Å². The zero-order valence-corrected chi connectivity index (χ0v) is 30.7. The molecule has 3 rings (SSSR count). The molecule has 0 aromatic carbocycles. The van der Waals surface area contributed by atoms with E-state index in [4.69, 9.17) is 18.3 Å². The first-order valence-electron chi connectivity index (χ1n) is 15.5. The molecule has 2 aromatic heterocycles. The van der Waals surface area contributed by atoms with E-state index < -0.39 is 71.9 Å². The number of rotatable bonds is 20. The third-order valence-corrected chi connectivity index (χ3v) is 10.9. The highest BCUT2D eigenvalue weighted by atomic mass is 31.3. The number of fused-ring (bicyclic) bond motifs is 1. The van der Waals surface area contributed by atoms with Gasteiger partial charge in [0.15, 0.2) is 17.7 Å². The van der Waals surface area contributed by atoms with E-state index >= 15 is 0 Å². The minimum absolute atomic E-state index is 0.00650. The summed E-state index contributed by atoms with van der Waals surface area (Å²) in [4.78, 5) is 76.6. The van der Waals surface area contributed by atoms with Crippen LogP contribution in [-0.4, -0.2) is 80.9 Å². The maximum absolute atomic E-state index is 12.9. The average molecular weight is 759 g/mol. The number of phosphoric ester groups is 3. The van der Waals surface area contributed by atoms with Crippen LogP contribution >= 0.6 is 23.5 Å². The number of aliphatic hydroxyl groups excluding tert-OH is 1. The number of carbonyl (C=O) groups is 2. The normalized spacial score (nSPS) is 23.4. The van der Waals surface area contributed by atoms with Gasteiger partial charge in [-0.2, -0.15) is 4.31 Å². The minimum atomic E-state index is -5.62. The average Bonchev–Trinajstić information content (AvgIpc) is 3.51. The van der Waals surface area contributed by atoms with Crippen LogP contribution in [0.15, 0.2) is 12.7 Å². The van der Waals surface area contributed by atoms with Crippen molar-refractivity contribution < 1.29 is 70.6 Å².